The summed E-state index contributed by atoms with van der Waals surface area (Å²) in [5.74, 6) is 0.136. The van der Waals surface area contributed by atoms with Crippen LogP contribution in [-0.2, 0) is 9.31 Å². The van der Waals surface area contributed by atoms with Crippen LogP contribution in [0.2, 0.25) is 5.02 Å². The molecule has 2 aromatic rings. The Kier molecular flexibility index (Phi) is 4.37. The standard InChI is InChI=1S/C18H19BClFO3/c1-17(2)18(3,4)24-19(23-17)12-5-8-14(9-6-12)22-16-11-13(20)7-10-15(16)21/h5-11H,1-4H3. The number of ether oxygens (including phenoxy) is 1. The minimum absolute atomic E-state index is 0.0888. The van der Waals surface area contributed by atoms with Crippen LogP contribution in [-0.4, -0.2) is 18.3 Å². The zero-order valence-electron chi connectivity index (χ0n) is 14.1. The molecule has 0 aliphatic carbocycles. The van der Waals surface area contributed by atoms with Gasteiger partial charge in [-0.1, -0.05) is 23.7 Å². The van der Waals surface area contributed by atoms with Crippen LogP contribution >= 0.6 is 11.6 Å². The highest BCUT2D eigenvalue weighted by molar-refractivity contribution is 6.62. The summed E-state index contributed by atoms with van der Waals surface area (Å²) < 4.78 is 31.3. The summed E-state index contributed by atoms with van der Waals surface area (Å²) in [6.45, 7) is 8.03. The molecule has 1 saturated heterocycles. The minimum atomic E-state index is -0.463. The Morgan fingerprint density at radius 1 is 0.958 bits per heavy atom. The van der Waals surface area contributed by atoms with Gasteiger partial charge in [-0.05, 0) is 57.4 Å². The van der Waals surface area contributed by atoms with Crippen molar-refractivity contribution in [2.24, 2.45) is 0 Å². The van der Waals surface area contributed by atoms with E-state index in [1.165, 1.54) is 18.2 Å². The van der Waals surface area contributed by atoms with E-state index in [0.717, 1.165) is 5.46 Å². The minimum Gasteiger partial charge on any atom is -0.454 e. The molecule has 0 bridgehead atoms. The summed E-state index contributed by atoms with van der Waals surface area (Å²) in [5, 5.41) is 0.417. The van der Waals surface area contributed by atoms with Gasteiger partial charge in [0.05, 0.1) is 11.2 Å². The van der Waals surface area contributed by atoms with E-state index in [2.05, 4.69) is 0 Å². The topological polar surface area (TPSA) is 27.7 Å². The molecule has 0 amide bonds. The summed E-state index contributed by atoms with van der Waals surface area (Å²) in [6.07, 6.45) is 0. The first-order chi connectivity index (χ1) is 11.2. The van der Waals surface area contributed by atoms with Crippen molar-refractivity contribution in [3.05, 3.63) is 53.3 Å². The van der Waals surface area contributed by atoms with Crippen molar-refractivity contribution in [3.8, 4) is 11.5 Å². The van der Waals surface area contributed by atoms with E-state index in [4.69, 9.17) is 25.6 Å². The third-order valence-corrected chi connectivity index (χ3v) is 4.76. The molecule has 0 N–H and O–H groups in total. The van der Waals surface area contributed by atoms with Crippen LogP contribution < -0.4 is 10.2 Å². The smallest absolute Gasteiger partial charge is 0.454 e. The van der Waals surface area contributed by atoms with Crippen LogP contribution in [0.15, 0.2) is 42.5 Å². The fourth-order valence-electron chi connectivity index (χ4n) is 2.35. The molecule has 0 atom stereocenters. The lowest BCUT2D eigenvalue weighted by Crippen LogP contribution is -2.41. The highest BCUT2D eigenvalue weighted by atomic mass is 35.5. The Balaban J connectivity index is 1.76. The Labute approximate surface area is 146 Å². The van der Waals surface area contributed by atoms with Crippen LogP contribution in [0.4, 0.5) is 4.39 Å². The number of benzene rings is 2. The maximum atomic E-state index is 13.7. The molecule has 0 spiro atoms. The molecule has 6 heteroatoms. The molecule has 24 heavy (non-hydrogen) atoms. The number of hydrogen-bond donors (Lipinski definition) is 0. The van der Waals surface area contributed by atoms with E-state index in [9.17, 15) is 4.39 Å². The van der Waals surface area contributed by atoms with Gasteiger partial charge in [-0.3, -0.25) is 0 Å². The van der Waals surface area contributed by atoms with Gasteiger partial charge in [-0.25, -0.2) is 4.39 Å². The molecule has 1 aliphatic rings. The van der Waals surface area contributed by atoms with Crippen molar-refractivity contribution >= 4 is 24.2 Å². The van der Waals surface area contributed by atoms with Crippen molar-refractivity contribution in [1.29, 1.82) is 0 Å². The van der Waals surface area contributed by atoms with Gasteiger partial charge >= 0.3 is 7.12 Å². The predicted molar refractivity (Wildman–Crippen MR) is 93.6 cm³/mol. The van der Waals surface area contributed by atoms with Crippen molar-refractivity contribution in [2.45, 2.75) is 38.9 Å². The normalized spacial score (nSPS) is 18.7. The lowest BCUT2D eigenvalue weighted by molar-refractivity contribution is 0.00578. The first-order valence-electron chi connectivity index (χ1n) is 7.76. The molecule has 0 aromatic heterocycles. The molecule has 0 radical (unpaired) electrons. The summed E-state index contributed by atoms with van der Waals surface area (Å²) in [6, 6.07) is 11.4. The van der Waals surface area contributed by atoms with Gasteiger partial charge in [-0.2, -0.15) is 0 Å². The second-order valence-electron chi connectivity index (χ2n) is 6.83. The van der Waals surface area contributed by atoms with Gasteiger partial charge in [0, 0.05) is 11.1 Å². The first-order valence-corrected chi connectivity index (χ1v) is 8.14. The van der Waals surface area contributed by atoms with Gasteiger partial charge in [-0.15, -0.1) is 0 Å². The zero-order valence-corrected chi connectivity index (χ0v) is 14.9. The van der Waals surface area contributed by atoms with E-state index in [0.29, 0.717) is 10.8 Å². The first kappa shape index (κ1) is 17.3. The number of halogens is 2. The van der Waals surface area contributed by atoms with Crippen LogP contribution in [0, 0.1) is 5.82 Å². The van der Waals surface area contributed by atoms with Crippen molar-refractivity contribution < 1.29 is 18.4 Å². The molecule has 1 fully saturated rings. The summed E-state index contributed by atoms with van der Waals surface area (Å²) >= 11 is 5.87. The molecule has 3 rings (SSSR count). The summed E-state index contributed by atoms with van der Waals surface area (Å²) in [4.78, 5) is 0. The van der Waals surface area contributed by atoms with Gasteiger partial charge in [0.1, 0.15) is 5.75 Å². The lowest BCUT2D eigenvalue weighted by atomic mass is 9.79. The largest absolute Gasteiger partial charge is 0.494 e. The summed E-state index contributed by atoms with van der Waals surface area (Å²) in [5.41, 5.74) is 0.0978. The molecule has 0 unspecified atom stereocenters. The van der Waals surface area contributed by atoms with Crippen molar-refractivity contribution in [2.75, 3.05) is 0 Å². The predicted octanol–water partition coefficient (Wildman–Crippen LogP) is 4.57. The van der Waals surface area contributed by atoms with E-state index < -0.39 is 24.1 Å². The molecule has 0 saturated carbocycles. The van der Waals surface area contributed by atoms with E-state index in [1.807, 2.05) is 39.8 Å². The van der Waals surface area contributed by atoms with Crippen LogP contribution in [0.5, 0.6) is 11.5 Å². The Hall–Kier alpha value is -1.56. The second-order valence-corrected chi connectivity index (χ2v) is 7.27. The zero-order chi connectivity index (χ0) is 17.5. The maximum Gasteiger partial charge on any atom is 0.494 e. The van der Waals surface area contributed by atoms with Crippen LogP contribution in [0.25, 0.3) is 0 Å². The fraction of sp³-hybridized carbons (Fsp3) is 0.333. The van der Waals surface area contributed by atoms with E-state index in [1.54, 1.807) is 12.1 Å². The molecule has 2 aromatic carbocycles. The van der Waals surface area contributed by atoms with Crippen molar-refractivity contribution in [3.63, 3.8) is 0 Å². The second kappa shape index (κ2) is 6.06. The Morgan fingerprint density at radius 3 is 2.12 bits per heavy atom. The third-order valence-electron chi connectivity index (χ3n) is 4.53. The van der Waals surface area contributed by atoms with E-state index in [-0.39, 0.29) is 5.75 Å². The van der Waals surface area contributed by atoms with Crippen LogP contribution in [0.3, 0.4) is 0 Å². The van der Waals surface area contributed by atoms with Crippen molar-refractivity contribution in [1.82, 2.24) is 0 Å². The fourth-order valence-corrected chi connectivity index (χ4v) is 2.52. The Bertz CT molecular complexity index is 730. The van der Waals surface area contributed by atoms with Crippen LogP contribution in [0.1, 0.15) is 27.7 Å². The SMILES string of the molecule is CC1(C)OB(c2ccc(Oc3cc(Cl)ccc3F)cc2)OC1(C)C. The molecule has 1 heterocycles. The highest BCUT2D eigenvalue weighted by Crippen LogP contribution is 2.36. The van der Waals surface area contributed by atoms with Gasteiger partial charge in [0.15, 0.2) is 11.6 Å². The van der Waals surface area contributed by atoms with E-state index >= 15 is 0 Å². The molecule has 1 aliphatic heterocycles. The highest BCUT2D eigenvalue weighted by Gasteiger charge is 2.51. The number of hydrogen-bond acceptors (Lipinski definition) is 3. The molecular formula is C18H19BClFO3. The monoisotopic (exact) mass is 348 g/mol. The average Bonchev–Trinajstić information content (AvgIpc) is 2.72. The Morgan fingerprint density at radius 2 is 1.54 bits per heavy atom. The summed E-state index contributed by atoms with van der Waals surface area (Å²) in [7, 11) is -0.438. The number of rotatable bonds is 3. The maximum absolute atomic E-state index is 13.7. The average molecular weight is 349 g/mol. The molecular weight excluding hydrogens is 329 g/mol. The van der Waals surface area contributed by atoms with Gasteiger partial charge in [0.25, 0.3) is 0 Å². The molecule has 126 valence electrons. The lowest BCUT2D eigenvalue weighted by Gasteiger charge is -2.32. The van der Waals surface area contributed by atoms with Gasteiger partial charge in [0.2, 0.25) is 0 Å². The molecule has 3 nitrogen and oxygen atoms in total. The van der Waals surface area contributed by atoms with Gasteiger partial charge < -0.3 is 14.0 Å². The third kappa shape index (κ3) is 3.29. The quantitative estimate of drug-likeness (QED) is 0.760.